The first-order valence-corrected chi connectivity index (χ1v) is 10.3. The number of benzene rings is 2. The van der Waals surface area contributed by atoms with Gasteiger partial charge in [0.25, 0.3) is 11.8 Å². The Hall–Kier alpha value is -2.81. The molecule has 0 fully saturated rings. The molecule has 0 aliphatic carbocycles. The molecule has 0 radical (unpaired) electrons. The van der Waals surface area contributed by atoms with Gasteiger partial charge in [0.1, 0.15) is 17.3 Å². The van der Waals surface area contributed by atoms with E-state index in [-0.39, 0.29) is 26.2 Å². The van der Waals surface area contributed by atoms with Crippen LogP contribution in [0.1, 0.15) is 6.42 Å². The lowest BCUT2D eigenvalue weighted by Crippen LogP contribution is -2.42. The maximum atomic E-state index is 12.9. The number of aliphatic hydroxyl groups excluding tert-OH is 1. The first-order valence-electron chi connectivity index (χ1n) is 9.59. The highest BCUT2D eigenvalue weighted by molar-refractivity contribution is 6.42. The van der Waals surface area contributed by atoms with E-state index >= 15 is 0 Å². The van der Waals surface area contributed by atoms with E-state index in [2.05, 4.69) is 17.2 Å². The molecule has 1 unspecified atom stereocenters. The van der Waals surface area contributed by atoms with Gasteiger partial charge in [-0.2, -0.15) is 0 Å². The Kier molecular flexibility index (Phi) is 10.3. The zero-order valence-electron chi connectivity index (χ0n) is 17.0. The van der Waals surface area contributed by atoms with Crippen molar-refractivity contribution in [3.05, 3.63) is 71.0 Å². The lowest BCUT2D eigenvalue weighted by Gasteiger charge is -2.19. The highest BCUT2D eigenvalue weighted by atomic mass is 35.5. The minimum Gasteiger partial charge on any atom is -0.484 e. The predicted octanol–water partition coefficient (Wildman–Crippen LogP) is 3.13. The van der Waals surface area contributed by atoms with Crippen molar-refractivity contribution < 1.29 is 28.6 Å². The Balaban J connectivity index is 1.67. The summed E-state index contributed by atoms with van der Waals surface area (Å²) in [4.78, 5) is 23.9. The molecule has 0 saturated carbocycles. The van der Waals surface area contributed by atoms with Crippen molar-refractivity contribution in [1.82, 2.24) is 10.6 Å². The Labute approximate surface area is 195 Å². The molecule has 7 nitrogen and oxygen atoms in total. The second-order valence-electron chi connectivity index (χ2n) is 6.71. The summed E-state index contributed by atoms with van der Waals surface area (Å²) in [5.74, 6) is -0.557. The van der Waals surface area contributed by atoms with E-state index in [0.29, 0.717) is 21.5 Å². The first-order chi connectivity index (χ1) is 15.3. The van der Waals surface area contributed by atoms with Crippen LogP contribution in [0.2, 0.25) is 10.0 Å². The fraction of sp³-hybridized carbons (Fsp3) is 0.273. The van der Waals surface area contributed by atoms with Gasteiger partial charge in [0.05, 0.1) is 16.1 Å². The average Bonchev–Trinajstić information content (AvgIpc) is 2.77. The second-order valence-corrected chi connectivity index (χ2v) is 7.52. The molecule has 0 aliphatic rings. The van der Waals surface area contributed by atoms with Crippen molar-refractivity contribution in [3.8, 4) is 11.5 Å². The average molecular weight is 485 g/mol. The predicted molar refractivity (Wildman–Crippen MR) is 120 cm³/mol. The third-order valence-electron chi connectivity index (χ3n) is 4.14. The van der Waals surface area contributed by atoms with E-state index in [0.717, 1.165) is 0 Å². The van der Waals surface area contributed by atoms with Gasteiger partial charge in [-0.15, -0.1) is 6.58 Å². The number of aliphatic hydroxyl groups is 1. The molecule has 2 rings (SSSR count). The van der Waals surface area contributed by atoms with Gasteiger partial charge in [-0.25, -0.2) is 4.39 Å². The molecule has 3 N–H and O–H groups in total. The molecule has 0 aromatic heterocycles. The van der Waals surface area contributed by atoms with Gasteiger partial charge in [-0.05, 0) is 42.8 Å². The third kappa shape index (κ3) is 9.13. The quantitative estimate of drug-likeness (QED) is 0.402. The number of carbonyl (C=O) groups excluding carboxylic acids is 2. The molecule has 0 bridgehead atoms. The normalized spacial score (nSPS) is 12.4. The highest BCUT2D eigenvalue weighted by Crippen LogP contribution is 2.26. The Morgan fingerprint density at radius 3 is 2.31 bits per heavy atom. The lowest BCUT2D eigenvalue weighted by molar-refractivity contribution is -0.124. The van der Waals surface area contributed by atoms with E-state index in [1.807, 2.05) is 0 Å². The van der Waals surface area contributed by atoms with Crippen molar-refractivity contribution >= 4 is 35.0 Å². The van der Waals surface area contributed by atoms with Gasteiger partial charge in [-0.1, -0.05) is 29.3 Å². The van der Waals surface area contributed by atoms with Crippen molar-refractivity contribution in [2.75, 3.05) is 19.8 Å². The summed E-state index contributed by atoms with van der Waals surface area (Å²) in [5.41, 5.74) is 0. The van der Waals surface area contributed by atoms with Crippen LogP contribution in [0.3, 0.4) is 0 Å². The minimum absolute atomic E-state index is 0.0458. The molecule has 32 heavy (non-hydrogen) atoms. The Morgan fingerprint density at radius 1 is 1.03 bits per heavy atom. The van der Waals surface area contributed by atoms with Gasteiger partial charge < -0.3 is 25.2 Å². The van der Waals surface area contributed by atoms with Crippen molar-refractivity contribution in [1.29, 1.82) is 0 Å². The molecule has 2 atom stereocenters. The molecular formula is C22H23Cl2FN2O5. The molecule has 2 aromatic carbocycles. The summed E-state index contributed by atoms with van der Waals surface area (Å²) in [5, 5.41) is 16.0. The van der Waals surface area contributed by atoms with Crippen molar-refractivity contribution in [2.45, 2.75) is 18.6 Å². The van der Waals surface area contributed by atoms with E-state index in [9.17, 15) is 19.1 Å². The molecule has 0 heterocycles. The molecule has 172 valence electrons. The van der Waals surface area contributed by atoms with Gasteiger partial charge in [0.15, 0.2) is 13.2 Å². The molecule has 2 amide bonds. The van der Waals surface area contributed by atoms with Gasteiger partial charge >= 0.3 is 0 Å². The number of carbonyl (C=O) groups is 2. The van der Waals surface area contributed by atoms with Crippen LogP contribution in [0.15, 0.2) is 55.1 Å². The highest BCUT2D eigenvalue weighted by Gasteiger charge is 2.16. The molecule has 0 aliphatic heterocycles. The number of rotatable bonds is 12. The Bertz CT molecular complexity index is 927. The van der Waals surface area contributed by atoms with Crippen molar-refractivity contribution in [2.24, 2.45) is 0 Å². The molecule has 2 aromatic rings. The van der Waals surface area contributed by atoms with Crippen LogP contribution in [0.25, 0.3) is 0 Å². The minimum atomic E-state index is -0.940. The maximum Gasteiger partial charge on any atom is 0.258 e. The van der Waals surface area contributed by atoms with Crippen LogP contribution < -0.4 is 20.1 Å². The van der Waals surface area contributed by atoms with Gasteiger partial charge in [0.2, 0.25) is 0 Å². The van der Waals surface area contributed by atoms with E-state index in [4.69, 9.17) is 32.7 Å². The molecular weight excluding hydrogens is 462 g/mol. The first kappa shape index (κ1) is 25.5. The van der Waals surface area contributed by atoms with Crippen LogP contribution >= 0.6 is 23.2 Å². The SMILES string of the molecule is C=CC(C[C@H](O)CNC(=O)COc1ccc(Cl)c(Cl)c1)NC(=O)COc1ccc(F)cc1. The topological polar surface area (TPSA) is 96.9 Å². The van der Waals surface area contributed by atoms with Crippen LogP contribution in [0.4, 0.5) is 4.39 Å². The Morgan fingerprint density at radius 2 is 1.66 bits per heavy atom. The standard InChI is InChI=1S/C22H23Cl2FN2O5/c1-2-15(27-22(30)13-31-17-5-3-14(25)4-6-17)9-16(28)11-26-21(29)12-32-18-7-8-19(23)20(24)10-18/h2-8,10,15-16,28H,1,9,11-13H2,(H,26,29)(H,27,30)/t15?,16-/m0/s1. The number of halogens is 3. The second kappa shape index (κ2) is 12.9. The molecule has 0 saturated heterocycles. The van der Waals surface area contributed by atoms with E-state index in [1.165, 1.54) is 36.4 Å². The summed E-state index contributed by atoms with van der Waals surface area (Å²) >= 11 is 11.7. The smallest absolute Gasteiger partial charge is 0.258 e. The largest absolute Gasteiger partial charge is 0.484 e. The lowest BCUT2D eigenvalue weighted by atomic mass is 10.1. The molecule has 10 heteroatoms. The van der Waals surface area contributed by atoms with Crippen molar-refractivity contribution in [3.63, 3.8) is 0 Å². The van der Waals surface area contributed by atoms with Crippen LogP contribution in [0, 0.1) is 5.82 Å². The van der Waals surface area contributed by atoms with Crippen LogP contribution in [-0.2, 0) is 9.59 Å². The number of ether oxygens (including phenoxy) is 2. The third-order valence-corrected chi connectivity index (χ3v) is 4.88. The van der Waals surface area contributed by atoms with Crippen LogP contribution in [-0.4, -0.2) is 48.8 Å². The van der Waals surface area contributed by atoms with Crippen LogP contribution in [0.5, 0.6) is 11.5 Å². The van der Waals surface area contributed by atoms with E-state index in [1.54, 1.807) is 12.1 Å². The fourth-order valence-electron chi connectivity index (χ4n) is 2.52. The van der Waals surface area contributed by atoms with Gasteiger partial charge in [0, 0.05) is 18.7 Å². The maximum absolute atomic E-state index is 12.9. The summed E-state index contributed by atoms with van der Waals surface area (Å²) < 4.78 is 23.5. The summed E-state index contributed by atoms with van der Waals surface area (Å²) in [6.45, 7) is 3.03. The molecule has 0 spiro atoms. The zero-order chi connectivity index (χ0) is 23.5. The summed E-state index contributed by atoms with van der Waals surface area (Å²) in [6.07, 6.45) is 0.652. The fourth-order valence-corrected chi connectivity index (χ4v) is 2.80. The van der Waals surface area contributed by atoms with Gasteiger partial charge in [-0.3, -0.25) is 9.59 Å². The monoisotopic (exact) mass is 484 g/mol. The zero-order valence-corrected chi connectivity index (χ0v) is 18.5. The summed E-state index contributed by atoms with van der Waals surface area (Å²) in [6, 6.07) is 9.33. The van der Waals surface area contributed by atoms with E-state index < -0.39 is 29.8 Å². The number of hydrogen-bond acceptors (Lipinski definition) is 5. The number of amides is 2. The number of nitrogens with one attached hydrogen (secondary N) is 2. The summed E-state index contributed by atoms with van der Waals surface area (Å²) in [7, 11) is 0. The number of hydrogen-bond donors (Lipinski definition) is 3.